The van der Waals surface area contributed by atoms with Crippen molar-refractivity contribution in [3.8, 4) is 0 Å². The van der Waals surface area contributed by atoms with Gasteiger partial charge in [-0.1, -0.05) is 31.2 Å². The third kappa shape index (κ3) is 4.49. The molecule has 1 amide bonds. The van der Waals surface area contributed by atoms with E-state index >= 15 is 0 Å². The number of aryl methyl sites for hydroxylation is 1. The Morgan fingerprint density at radius 1 is 1.28 bits per heavy atom. The summed E-state index contributed by atoms with van der Waals surface area (Å²) >= 11 is 0. The van der Waals surface area contributed by atoms with Gasteiger partial charge in [-0.15, -0.1) is 0 Å². The smallest absolute Gasteiger partial charge is 0.222 e. The average Bonchev–Trinajstić information content (AvgIpc) is 2.38. The van der Waals surface area contributed by atoms with Crippen molar-refractivity contribution in [2.24, 2.45) is 0 Å². The van der Waals surface area contributed by atoms with Crippen molar-refractivity contribution in [1.82, 2.24) is 4.90 Å². The molecule has 0 aliphatic rings. The molecule has 3 nitrogen and oxygen atoms in total. The van der Waals surface area contributed by atoms with Crippen LogP contribution in [0, 0.1) is 0 Å². The molecule has 18 heavy (non-hydrogen) atoms. The first-order valence-electron chi connectivity index (χ1n) is 6.51. The fraction of sp³-hybridized carbons (Fsp3) is 0.533. The summed E-state index contributed by atoms with van der Waals surface area (Å²) in [5.41, 5.74) is 2.21. The molecule has 0 saturated heterocycles. The van der Waals surface area contributed by atoms with Gasteiger partial charge in [0.15, 0.2) is 0 Å². The second kappa shape index (κ2) is 7.17. The van der Waals surface area contributed by atoms with Crippen LogP contribution in [0.15, 0.2) is 24.3 Å². The van der Waals surface area contributed by atoms with Gasteiger partial charge in [0, 0.05) is 20.5 Å². The van der Waals surface area contributed by atoms with Gasteiger partial charge >= 0.3 is 0 Å². The van der Waals surface area contributed by atoms with Crippen molar-refractivity contribution in [2.45, 2.75) is 38.7 Å². The van der Waals surface area contributed by atoms with Gasteiger partial charge in [-0.2, -0.15) is 0 Å². The molecular formula is C15H23NO2. The van der Waals surface area contributed by atoms with Crippen LogP contribution in [0.2, 0.25) is 0 Å². The van der Waals surface area contributed by atoms with E-state index in [1.807, 2.05) is 24.3 Å². The molecule has 3 heteroatoms. The van der Waals surface area contributed by atoms with Gasteiger partial charge in [0.1, 0.15) is 0 Å². The van der Waals surface area contributed by atoms with E-state index in [0.717, 1.165) is 12.0 Å². The number of benzene rings is 1. The fourth-order valence-electron chi connectivity index (χ4n) is 1.81. The monoisotopic (exact) mass is 249 g/mol. The Balaban J connectivity index is 2.40. The van der Waals surface area contributed by atoms with Gasteiger partial charge in [0.05, 0.1) is 6.10 Å². The molecule has 1 atom stereocenters. The van der Waals surface area contributed by atoms with Crippen LogP contribution >= 0.6 is 0 Å². The van der Waals surface area contributed by atoms with Gasteiger partial charge in [0.2, 0.25) is 5.91 Å². The first kappa shape index (κ1) is 14.7. The number of hydrogen-bond donors (Lipinski definition) is 1. The van der Waals surface area contributed by atoms with Crippen molar-refractivity contribution < 1.29 is 9.90 Å². The molecule has 0 spiro atoms. The molecule has 0 bridgehead atoms. The number of aliphatic hydroxyl groups excluding tert-OH is 1. The average molecular weight is 249 g/mol. The molecule has 0 heterocycles. The lowest BCUT2D eigenvalue weighted by atomic mass is 10.0. The lowest BCUT2D eigenvalue weighted by Crippen LogP contribution is -2.21. The number of hydrogen-bond acceptors (Lipinski definition) is 2. The molecule has 1 aromatic carbocycles. The van der Waals surface area contributed by atoms with E-state index in [-0.39, 0.29) is 5.91 Å². The highest BCUT2D eigenvalue weighted by molar-refractivity contribution is 5.75. The zero-order chi connectivity index (χ0) is 13.5. The van der Waals surface area contributed by atoms with Crippen LogP contribution in [0.3, 0.4) is 0 Å². The summed E-state index contributed by atoms with van der Waals surface area (Å²) < 4.78 is 0. The van der Waals surface area contributed by atoms with Gasteiger partial charge in [-0.25, -0.2) is 0 Å². The highest BCUT2D eigenvalue weighted by atomic mass is 16.3. The van der Waals surface area contributed by atoms with E-state index < -0.39 is 6.10 Å². The van der Waals surface area contributed by atoms with Crippen LogP contribution in [0.25, 0.3) is 0 Å². The Labute approximate surface area is 109 Å². The predicted octanol–water partition coefficient (Wildman–Crippen LogP) is 2.54. The normalized spacial score (nSPS) is 12.2. The minimum absolute atomic E-state index is 0.114. The first-order valence-corrected chi connectivity index (χ1v) is 6.51. The van der Waals surface area contributed by atoms with Crippen molar-refractivity contribution in [1.29, 1.82) is 0 Å². The number of nitrogens with zero attached hydrogens (tertiary/aromatic N) is 1. The van der Waals surface area contributed by atoms with Crippen LogP contribution in [0.5, 0.6) is 0 Å². The third-order valence-corrected chi connectivity index (χ3v) is 3.14. The molecule has 0 saturated carbocycles. The molecule has 1 aromatic rings. The van der Waals surface area contributed by atoms with Crippen molar-refractivity contribution in [3.05, 3.63) is 35.4 Å². The molecule has 0 aliphatic carbocycles. The molecule has 1 N–H and O–H groups in total. The zero-order valence-corrected chi connectivity index (χ0v) is 11.5. The van der Waals surface area contributed by atoms with E-state index in [0.29, 0.717) is 19.3 Å². The van der Waals surface area contributed by atoms with E-state index in [1.165, 1.54) is 5.56 Å². The Kier molecular flexibility index (Phi) is 5.86. The fourth-order valence-corrected chi connectivity index (χ4v) is 1.81. The first-order chi connectivity index (χ1) is 8.54. The van der Waals surface area contributed by atoms with Crippen molar-refractivity contribution >= 4 is 5.91 Å². The van der Waals surface area contributed by atoms with E-state index in [2.05, 4.69) is 6.92 Å². The maximum Gasteiger partial charge on any atom is 0.222 e. The summed E-state index contributed by atoms with van der Waals surface area (Å²) in [5, 5.41) is 10.0. The summed E-state index contributed by atoms with van der Waals surface area (Å²) in [4.78, 5) is 13.0. The third-order valence-electron chi connectivity index (χ3n) is 3.14. The van der Waals surface area contributed by atoms with Gasteiger partial charge in [-0.05, 0) is 30.4 Å². The molecule has 0 aliphatic heterocycles. The number of carbonyl (C=O) groups is 1. The quantitative estimate of drug-likeness (QED) is 0.841. The van der Waals surface area contributed by atoms with Crippen LogP contribution in [-0.4, -0.2) is 30.0 Å². The van der Waals surface area contributed by atoms with Gasteiger partial charge in [-0.3, -0.25) is 4.79 Å². The van der Waals surface area contributed by atoms with Crippen LogP contribution in [0.1, 0.15) is 43.4 Å². The highest BCUT2D eigenvalue weighted by Gasteiger charge is 2.09. The Bertz CT molecular complexity index is 371. The summed E-state index contributed by atoms with van der Waals surface area (Å²) in [7, 11) is 3.50. The Morgan fingerprint density at radius 2 is 1.89 bits per heavy atom. The summed E-state index contributed by atoms with van der Waals surface area (Å²) in [5.74, 6) is 0.114. The zero-order valence-electron chi connectivity index (χ0n) is 11.5. The Hall–Kier alpha value is -1.35. The summed E-state index contributed by atoms with van der Waals surface area (Å²) in [6.45, 7) is 2.11. The van der Waals surface area contributed by atoms with E-state index in [4.69, 9.17) is 0 Å². The summed E-state index contributed by atoms with van der Waals surface area (Å²) in [6, 6.07) is 8.03. The summed E-state index contributed by atoms with van der Waals surface area (Å²) in [6.07, 6.45) is 2.38. The van der Waals surface area contributed by atoms with E-state index in [1.54, 1.807) is 19.0 Å². The second-order valence-electron chi connectivity index (χ2n) is 4.79. The van der Waals surface area contributed by atoms with Crippen LogP contribution in [0.4, 0.5) is 0 Å². The van der Waals surface area contributed by atoms with Gasteiger partial charge < -0.3 is 10.0 Å². The Morgan fingerprint density at radius 3 is 2.39 bits per heavy atom. The molecule has 0 fully saturated rings. The molecule has 1 unspecified atom stereocenters. The van der Waals surface area contributed by atoms with Crippen molar-refractivity contribution in [3.63, 3.8) is 0 Å². The van der Waals surface area contributed by atoms with Crippen LogP contribution < -0.4 is 0 Å². The maximum atomic E-state index is 11.4. The number of aliphatic hydroxyl groups is 1. The number of carbonyl (C=O) groups excluding carboxylic acids is 1. The lowest BCUT2D eigenvalue weighted by Gasteiger charge is -2.13. The van der Waals surface area contributed by atoms with Gasteiger partial charge in [0.25, 0.3) is 0 Å². The second-order valence-corrected chi connectivity index (χ2v) is 4.79. The highest BCUT2D eigenvalue weighted by Crippen LogP contribution is 2.19. The lowest BCUT2D eigenvalue weighted by molar-refractivity contribution is -0.128. The predicted molar refractivity (Wildman–Crippen MR) is 73.3 cm³/mol. The number of rotatable bonds is 6. The van der Waals surface area contributed by atoms with E-state index in [9.17, 15) is 9.90 Å². The van der Waals surface area contributed by atoms with Crippen molar-refractivity contribution in [2.75, 3.05) is 14.1 Å². The largest absolute Gasteiger partial charge is 0.388 e. The SMILES string of the molecule is CCc1ccc(C(O)CCCC(=O)N(C)C)cc1. The molecular weight excluding hydrogens is 226 g/mol. The minimum Gasteiger partial charge on any atom is -0.388 e. The maximum absolute atomic E-state index is 11.4. The molecule has 0 aromatic heterocycles. The van der Waals surface area contributed by atoms with Crippen LogP contribution in [-0.2, 0) is 11.2 Å². The standard InChI is InChI=1S/C15H23NO2/c1-4-12-8-10-13(11-9-12)14(17)6-5-7-15(18)16(2)3/h8-11,14,17H,4-7H2,1-3H3. The minimum atomic E-state index is -0.467. The molecule has 0 radical (unpaired) electrons. The molecule has 1 rings (SSSR count). The number of amides is 1. The molecule has 100 valence electrons. The topological polar surface area (TPSA) is 40.5 Å².